The standard InChI is InChI=1S/C20H24ClN3O/c21-17-6-4-5-15(13-17)9-11-23-20(25)16-10-12-22-19(14-16)24-18-7-2-1-3-8-18/h4-6,10,12-14,18H,1-3,7-9,11H2,(H,22,24)(H,23,25). The Bertz CT molecular complexity index is 714. The predicted octanol–water partition coefficient (Wildman–Crippen LogP) is 4.45. The molecule has 1 saturated carbocycles. The number of rotatable bonds is 6. The van der Waals surface area contributed by atoms with Gasteiger partial charge in [0.1, 0.15) is 5.82 Å². The third kappa shape index (κ3) is 5.46. The largest absolute Gasteiger partial charge is 0.367 e. The summed E-state index contributed by atoms with van der Waals surface area (Å²) in [6.45, 7) is 0.576. The Balaban J connectivity index is 1.52. The summed E-state index contributed by atoms with van der Waals surface area (Å²) in [6.07, 6.45) is 8.65. The summed E-state index contributed by atoms with van der Waals surface area (Å²) in [5.74, 6) is 0.713. The molecule has 0 atom stereocenters. The van der Waals surface area contributed by atoms with Gasteiger partial charge in [0, 0.05) is 29.4 Å². The van der Waals surface area contributed by atoms with Crippen molar-refractivity contribution in [2.24, 2.45) is 0 Å². The van der Waals surface area contributed by atoms with Crippen molar-refractivity contribution in [2.75, 3.05) is 11.9 Å². The van der Waals surface area contributed by atoms with Crippen LogP contribution in [0.2, 0.25) is 5.02 Å². The van der Waals surface area contributed by atoms with Gasteiger partial charge in [0.2, 0.25) is 0 Å². The molecule has 2 aromatic rings. The van der Waals surface area contributed by atoms with Crippen LogP contribution in [0.15, 0.2) is 42.6 Å². The molecule has 1 aliphatic rings. The minimum Gasteiger partial charge on any atom is -0.367 e. The number of hydrogen-bond donors (Lipinski definition) is 2. The first kappa shape index (κ1) is 17.7. The van der Waals surface area contributed by atoms with Crippen LogP contribution >= 0.6 is 11.6 Å². The Morgan fingerprint density at radius 1 is 1.16 bits per heavy atom. The van der Waals surface area contributed by atoms with E-state index in [0.29, 0.717) is 18.2 Å². The van der Waals surface area contributed by atoms with Crippen LogP contribution in [0, 0.1) is 0 Å². The molecule has 4 nitrogen and oxygen atoms in total. The Hall–Kier alpha value is -2.07. The van der Waals surface area contributed by atoms with Crippen molar-refractivity contribution in [1.29, 1.82) is 0 Å². The molecular weight excluding hydrogens is 334 g/mol. The van der Waals surface area contributed by atoms with Crippen LogP contribution in [0.1, 0.15) is 48.0 Å². The highest BCUT2D eigenvalue weighted by Crippen LogP contribution is 2.21. The van der Waals surface area contributed by atoms with Crippen LogP contribution in [-0.2, 0) is 6.42 Å². The van der Waals surface area contributed by atoms with Crippen molar-refractivity contribution in [3.8, 4) is 0 Å². The van der Waals surface area contributed by atoms with Crippen LogP contribution in [0.4, 0.5) is 5.82 Å². The van der Waals surface area contributed by atoms with Crippen molar-refractivity contribution in [2.45, 2.75) is 44.6 Å². The van der Waals surface area contributed by atoms with E-state index in [0.717, 1.165) is 22.8 Å². The molecule has 0 spiro atoms. The maximum absolute atomic E-state index is 12.4. The number of hydrogen-bond acceptors (Lipinski definition) is 3. The van der Waals surface area contributed by atoms with Crippen molar-refractivity contribution in [3.63, 3.8) is 0 Å². The van der Waals surface area contributed by atoms with Gasteiger partial charge in [-0.25, -0.2) is 4.98 Å². The Morgan fingerprint density at radius 3 is 2.80 bits per heavy atom. The average molecular weight is 358 g/mol. The predicted molar refractivity (Wildman–Crippen MR) is 102 cm³/mol. The van der Waals surface area contributed by atoms with E-state index < -0.39 is 0 Å². The number of carbonyl (C=O) groups is 1. The van der Waals surface area contributed by atoms with Gasteiger partial charge in [0.15, 0.2) is 0 Å². The van der Waals surface area contributed by atoms with E-state index in [1.165, 1.54) is 32.1 Å². The topological polar surface area (TPSA) is 54.0 Å². The summed E-state index contributed by atoms with van der Waals surface area (Å²) in [6, 6.07) is 11.8. The van der Waals surface area contributed by atoms with Gasteiger partial charge in [0.25, 0.3) is 5.91 Å². The lowest BCUT2D eigenvalue weighted by molar-refractivity contribution is 0.0954. The third-order valence-corrected chi connectivity index (χ3v) is 4.80. The molecule has 1 fully saturated rings. The maximum atomic E-state index is 12.4. The summed E-state index contributed by atoms with van der Waals surface area (Å²) in [5, 5.41) is 7.14. The summed E-state index contributed by atoms with van der Waals surface area (Å²) in [5.41, 5.74) is 1.75. The lowest BCUT2D eigenvalue weighted by atomic mass is 9.95. The Morgan fingerprint density at radius 2 is 2.00 bits per heavy atom. The van der Waals surface area contributed by atoms with Crippen LogP contribution in [0.25, 0.3) is 0 Å². The highest BCUT2D eigenvalue weighted by atomic mass is 35.5. The monoisotopic (exact) mass is 357 g/mol. The van der Waals surface area contributed by atoms with E-state index >= 15 is 0 Å². The zero-order valence-corrected chi connectivity index (χ0v) is 15.1. The molecule has 1 aliphatic carbocycles. The molecule has 1 aromatic heterocycles. The molecule has 0 saturated heterocycles. The molecule has 1 aromatic carbocycles. The van der Waals surface area contributed by atoms with Gasteiger partial charge in [0.05, 0.1) is 0 Å². The van der Waals surface area contributed by atoms with Gasteiger partial charge in [-0.1, -0.05) is 43.0 Å². The maximum Gasteiger partial charge on any atom is 0.251 e. The number of anilines is 1. The quantitative estimate of drug-likeness (QED) is 0.802. The molecule has 0 bridgehead atoms. The van der Waals surface area contributed by atoms with Gasteiger partial charge >= 0.3 is 0 Å². The number of carbonyl (C=O) groups excluding carboxylic acids is 1. The zero-order chi connectivity index (χ0) is 17.5. The molecule has 2 N–H and O–H groups in total. The molecule has 3 rings (SSSR count). The van der Waals surface area contributed by atoms with Crippen LogP contribution in [-0.4, -0.2) is 23.5 Å². The van der Waals surface area contributed by atoms with Crippen molar-refractivity contribution >= 4 is 23.3 Å². The first-order chi connectivity index (χ1) is 12.2. The zero-order valence-electron chi connectivity index (χ0n) is 14.3. The molecule has 25 heavy (non-hydrogen) atoms. The minimum atomic E-state index is -0.0730. The third-order valence-electron chi connectivity index (χ3n) is 4.57. The molecular formula is C20H24ClN3O. The van der Waals surface area contributed by atoms with Crippen LogP contribution in [0.3, 0.4) is 0 Å². The summed E-state index contributed by atoms with van der Waals surface area (Å²) >= 11 is 5.98. The van der Waals surface area contributed by atoms with Crippen molar-refractivity contribution < 1.29 is 4.79 Å². The highest BCUT2D eigenvalue weighted by molar-refractivity contribution is 6.30. The van der Waals surface area contributed by atoms with Crippen LogP contribution in [0.5, 0.6) is 0 Å². The van der Waals surface area contributed by atoms with Gasteiger partial charge in [-0.05, 0) is 49.1 Å². The number of aromatic nitrogens is 1. The van der Waals surface area contributed by atoms with Gasteiger partial charge in [-0.15, -0.1) is 0 Å². The molecule has 1 heterocycles. The van der Waals surface area contributed by atoms with E-state index in [-0.39, 0.29) is 5.91 Å². The fraction of sp³-hybridized carbons (Fsp3) is 0.400. The average Bonchev–Trinajstić information content (AvgIpc) is 2.63. The number of pyridine rings is 1. The summed E-state index contributed by atoms with van der Waals surface area (Å²) in [4.78, 5) is 16.7. The molecule has 132 valence electrons. The molecule has 0 aliphatic heterocycles. The van der Waals surface area contributed by atoms with Gasteiger partial charge in [-0.2, -0.15) is 0 Å². The lowest BCUT2D eigenvalue weighted by Gasteiger charge is -2.23. The highest BCUT2D eigenvalue weighted by Gasteiger charge is 2.14. The second-order valence-electron chi connectivity index (χ2n) is 6.54. The van der Waals surface area contributed by atoms with E-state index in [1.54, 1.807) is 12.3 Å². The van der Waals surface area contributed by atoms with E-state index in [9.17, 15) is 4.79 Å². The number of halogens is 1. The van der Waals surface area contributed by atoms with Crippen molar-refractivity contribution in [1.82, 2.24) is 10.3 Å². The Kier molecular flexibility index (Phi) is 6.29. The number of benzene rings is 1. The smallest absolute Gasteiger partial charge is 0.251 e. The molecule has 1 amide bonds. The number of nitrogens with one attached hydrogen (secondary N) is 2. The van der Waals surface area contributed by atoms with Gasteiger partial charge < -0.3 is 10.6 Å². The Labute approximate surface area is 154 Å². The fourth-order valence-electron chi connectivity index (χ4n) is 3.22. The number of amides is 1. The van der Waals surface area contributed by atoms with Gasteiger partial charge in [-0.3, -0.25) is 4.79 Å². The molecule has 0 radical (unpaired) electrons. The SMILES string of the molecule is O=C(NCCc1cccc(Cl)c1)c1ccnc(NC2CCCCC2)c1. The first-order valence-electron chi connectivity index (χ1n) is 8.96. The molecule has 5 heteroatoms. The second-order valence-corrected chi connectivity index (χ2v) is 6.98. The number of nitrogens with zero attached hydrogens (tertiary/aromatic N) is 1. The van der Waals surface area contributed by atoms with E-state index in [2.05, 4.69) is 15.6 Å². The van der Waals surface area contributed by atoms with E-state index in [4.69, 9.17) is 11.6 Å². The fourth-order valence-corrected chi connectivity index (χ4v) is 3.43. The summed E-state index contributed by atoms with van der Waals surface area (Å²) < 4.78 is 0. The second kappa shape index (κ2) is 8.86. The van der Waals surface area contributed by atoms with Crippen LogP contribution < -0.4 is 10.6 Å². The van der Waals surface area contributed by atoms with E-state index in [1.807, 2.05) is 30.3 Å². The summed E-state index contributed by atoms with van der Waals surface area (Å²) in [7, 11) is 0. The first-order valence-corrected chi connectivity index (χ1v) is 9.34. The normalized spacial score (nSPS) is 14.9. The van der Waals surface area contributed by atoms with Crippen molar-refractivity contribution in [3.05, 3.63) is 58.7 Å². The lowest BCUT2D eigenvalue weighted by Crippen LogP contribution is -2.26. The minimum absolute atomic E-state index is 0.0730. The molecule has 0 unspecified atom stereocenters.